The average Bonchev–Trinajstić information content (AvgIpc) is 3.35. The first kappa shape index (κ1) is 15.3. The van der Waals surface area contributed by atoms with Crippen molar-refractivity contribution in [3.63, 3.8) is 0 Å². The summed E-state index contributed by atoms with van der Waals surface area (Å²) in [6.45, 7) is 0.540. The topological polar surface area (TPSA) is 64.3 Å². The van der Waals surface area contributed by atoms with E-state index in [0.29, 0.717) is 18.2 Å². The second-order valence-electron chi connectivity index (χ2n) is 5.75. The largest absolute Gasteiger partial charge is 0.484 e. The van der Waals surface area contributed by atoms with E-state index in [2.05, 4.69) is 21.2 Å². The van der Waals surface area contributed by atoms with Crippen molar-refractivity contribution in [1.29, 1.82) is 0 Å². The lowest BCUT2D eigenvalue weighted by atomic mass is 10.1. The number of hydrogen-bond donors (Lipinski definition) is 2. The summed E-state index contributed by atoms with van der Waals surface area (Å²) in [4.78, 5) is 11.8. The van der Waals surface area contributed by atoms with Gasteiger partial charge in [-0.1, -0.05) is 28.1 Å². The van der Waals surface area contributed by atoms with Crippen LogP contribution in [0.15, 0.2) is 40.9 Å². The Bertz CT molecular complexity index is 685. The minimum absolute atomic E-state index is 0.0133. The lowest BCUT2D eigenvalue weighted by molar-refractivity contribution is -0.123. The molecule has 3 N–H and O–H groups in total. The Morgan fingerprint density at radius 2 is 2.00 bits per heavy atom. The Morgan fingerprint density at radius 3 is 2.77 bits per heavy atom. The number of carbonyl (C=O) groups is 1. The number of carbonyl (C=O) groups excluding carboxylic acids is 1. The quantitative estimate of drug-likeness (QED) is 0.830. The minimum Gasteiger partial charge on any atom is -0.484 e. The maximum Gasteiger partial charge on any atom is 0.257 e. The zero-order valence-corrected chi connectivity index (χ0v) is 13.8. The van der Waals surface area contributed by atoms with Gasteiger partial charge in [0.25, 0.3) is 5.91 Å². The van der Waals surface area contributed by atoms with Crippen LogP contribution in [-0.4, -0.2) is 25.1 Å². The van der Waals surface area contributed by atoms with Gasteiger partial charge >= 0.3 is 0 Å². The van der Waals surface area contributed by atoms with Crippen molar-refractivity contribution in [3.05, 3.63) is 40.9 Å². The first-order valence-electron chi connectivity index (χ1n) is 7.46. The summed E-state index contributed by atoms with van der Waals surface area (Å²) < 4.78 is 6.59. The molecule has 4 nitrogen and oxygen atoms in total. The summed E-state index contributed by atoms with van der Waals surface area (Å²) in [5, 5.41) is 5.03. The van der Waals surface area contributed by atoms with Gasteiger partial charge in [0, 0.05) is 17.1 Å². The predicted molar refractivity (Wildman–Crippen MR) is 90.9 cm³/mol. The van der Waals surface area contributed by atoms with Crippen LogP contribution in [0.3, 0.4) is 0 Å². The smallest absolute Gasteiger partial charge is 0.257 e. The molecule has 1 fully saturated rings. The molecule has 0 aromatic heterocycles. The molecule has 116 valence electrons. The molecule has 0 saturated heterocycles. The maximum atomic E-state index is 11.8. The summed E-state index contributed by atoms with van der Waals surface area (Å²) in [5.74, 6) is 1.14. The average molecular weight is 363 g/mol. The van der Waals surface area contributed by atoms with Crippen LogP contribution in [0.2, 0.25) is 0 Å². The minimum atomic E-state index is -0.132. The van der Waals surface area contributed by atoms with Gasteiger partial charge in [0.15, 0.2) is 6.61 Å². The number of ether oxygens (including phenoxy) is 1. The molecule has 0 heterocycles. The molecule has 3 rings (SSSR count). The molecule has 22 heavy (non-hydrogen) atoms. The van der Waals surface area contributed by atoms with Gasteiger partial charge in [-0.3, -0.25) is 4.79 Å². The fourth-order valence-corrected chi connectivity index (χ4v) is 2.79. The molecular weight excluding hydrogens is 344 g/mol. The lowest BCUT2D eigenvalue weighted by Gasteiger charge is -2.12. The number of benzene rings is 2. The molecule has 0 radical (unpaired) electrons. The van der Waals surface area contributed by atoms with Crippen LogP contribution in [0.1, 0.15) is 12.8 Å². The Kier molecular flexibility index (Phi) is 4.64. The van der Waals surface area contributed by atoms with Crippen molar-refractivity contribution in [2.75, 3.05) is 13.2 Å². The van der Waals surface area contributed by atoms with Gasteiger partial charge in [0.05, 0.1) is 0 Å². The summed E-state index contributed by atoms with van der Waals surface area (Å²) in [6.07, 6.45) is 2.36. The zero-order valence-electron chi connectivity index (χ0n) is 12.2. The highest BCUT2D eigenvalue weighted by atomic mass is 79.9. The Balaban J connectivity index is 1.52. The molecular formula is C17H19BrN2O2. The first-order valence-corrected chi connectivity index (χ1v) is 8.25. The standard InChI is InChI=1S/C17H19BrN2O2/c18-14-5-3-13-8-15(6-4-12(13)7-14)22-10-17(21)20-9-16(19)11-1-2-11/h3-8,11,16H,1-2,9-10,19H2,(H,20,21). The summed E-state index contributed by atoms with van der Waals surface area (Å²) in [7, 11) is 0. The molecule has 2 aromatic carbocycles. The van der Waals surface area contributed by atoms with Crippen LogP contribution in [0.5, 0.6) is 5.75 Å². The molecule has 5 heteroatoms. The fraction of sp³-hybridized carbons (Fsp3) is 0.353. The summed E-state index contributed by atoms with van der Waals surface area (Å²) >= 11 is 3.45. The van der Waals surface area contributed by atoms with Crippen LogP contribution in [-0.2, 0) is 4.79 Å². The Morgan fingerprint density at radius 1 is 1.27 bits per heavy atom. The van der Waals surface area contributed by atoms with E-state index in [1.807, 2.05) is 36.4 Å². The van der Waals surface area contributed by atoms with Crippen molar-refractivity contribution in [2.45, 2.75) is 18.9 Å². The zero-order chi connectivity index (χ0) is 15.5. The number of rotatable bonds is 6. The molecule has 1 saturated carbocycles. The highest BCUT2D eigenvalue weighted by Crippen LogP contribution is 2.31. The number of nitrogens with one attached hydrogen (secondary N) is 1. The van der Waals surface area contributed by atoms with Crippen molar-refractivity contribution in [2.24, 2.45) is 11.7 Å². The van der Waals surface area contributed by atoms with E-state index in [-0.39, 0.29) is 18.6 Å². The molecule has 2 aromatic rings. The van der Waals surface area contributed by atoms with E-state index in [0.717, 1.165) is 15.2 Å². The van der Waals surface area contributed by atoms with Crippen LogP contribution in [0.4, 0.5) is 0 Å². The SMILES string of the molecule is NC(CNC(=O)COc1ccc2cc(Br)ccc2c1)C1CC1. The van der Waals surface area contributed by atoms with Crippen molar-refractivity contribution < 1.29 is 9.53 Å². The maximum absolute atomic E-state index is 11.8. The normalized spacial score (nSPS) is 15.5. The van der Waals surface area contributed by atoms with Crippen LogP contribution in [0.25, 0.3) is 10.8 Å². The van der Waals surface area contributed by atoms with Gasteiger partial charge in [0.2, 0.25) is 0 Å². The predicted octanol–water partition coefficient (Wildman–Crippen LogP) is 2.83. The van der Waals surface area contributed by atoms with Gasteiger partial charge in [0.1, 0.15) is 5.75 Å². The second kappa shape index (κ2) is 6.67. The second-order valence-corrected chi connectivity index (χ2v) is 6.66. The van der Waals surface area contributed by atoms with Gasteiger partial charge in [-0.05, 0) is 53.8 Å². The van der Waals surface area contributed by atoms with Gasteiger partial charge in [-0.25, -0.2) is 0 Å². The molecule has 1 atom stereocenters. The molecule has 0 spiro atoms. The van der Waals surface area contributed by atoms with Gasteiger partial charge in [-0.15, -0.1) is 0 Å². The van der Waals surface area contributed by atoms with Gasteiger partial charge in [-0.2, -0.15) is 0 Å². The molecule has 0 aliphatic heterocycles. The van der Waals surface area contributed by atoms with Crippen molar-refractivity contribution in [3.8, 4) is 5.75 Å². The highest BCUT2D eigenvalue weighted by Gasteiger charge is 2.28. The third-order valence-electron chi connectivity index (χ3n) is 3.91. The monoisotopic (exact) mass is 362 g/mol. The molecule has 1 aliphatic carbocycles. The van der Waals surface area contributed by atoms with Crippen molar-refractivity contribution >= 4 is 32.6 Å². The number of nitrogens with two attached hydrogens (primary N) is 1. The van der Waals surface area contributed by atoms with E-state index in [4.69, 9.17) is 10.5 Å². The summed E-state index contributed by atoms with van der Waals surface area (Å²) in [6, 6.07) is 11.9. The van der Waals surface area contributed by atoms with E-state index in [9.17, 15) is 4.79 Å². The van der Waals surface area contributed by atoms with Crippen LogP contribution in [0, 0.1) is 5.92 Å². The highest BCUT2D eigenvalue weighted by molar-refractivity contribution is 9.10. The number of halogens is 1. The Labute approximate surface area is 138 Å². The molecule has 1 aliphatic rings. The van der Waals surface area contributed by atoms with E-state index in [1.54, 1.807) is 0 Å². The lowest BCUT2D eigenvalue weighted by Crippen LogP contribution is -2.40. The molecule has 0 bridgehead atoms. The molecule has 1 unspecified atom stereocenters. The first-order chi connectivity index (χ1) is 10.6. The van der Waals surface area contributed by atoms with E-state index in [1.165, 1.54) is 12.8 Å². The van der Waals surface area contributed by atoms with Gasteiger partial charge < -0.3 is 15.8 Å². The third kappa shape index (κ3) is 3.99. The molecule has 1 amide bonds. The van der Waals surface area contributed by atoms with E-state index < -0.39 is 0 Å². The third-order valence-corrected chi connectivity index (χ3v) is 4.40. The number of hydrogen-bond acceptors (Lipinski definition) is 3. The van der Waals surface area contributed by atoms with Crippen LogP contribution >= 0.6 is 15.9 Å². The van der Waals surface area contributed by atoms with Crippen LogP contribution < -0.4 is 15.8 Å². The Hall–Kier alpha value is -1.59. The number of amides is 1. The van der Waals surface area contributed by atoms with Crippen molar-refractivity contribution in [1.82, 2.24) is 5.32 Å². The number of fused-ring (bicyclic) bond motifs is 1. The fourth-order valence-electron chi connectivity index (χ4n) is 2.41. The summed E-state index contributed by atoms with van der Waals surface area (Å²) in [5.41, 5.74) is 5.95. The van der Waals surface area contributed by atoms with E-state index >= 15 is 0 Å².